The topological polar surface area (TPSA) is 88.3 Å². The van der Waals surface area contributed by atoms with Crippen LogP contribution in [0.15, 0.2) is 10.6 Å². The molecular weight excluding hydrogens is 234 g/mol. The van der Waals surface area contributed by atoms with E-state index < -0.39 is 5.97 Å². The number of carboxylic acid groups (broad SMARTS) is 1. The molecule has 18 heavy (non-hydrogen) atoms. The Morgan fingerprint density at radius 1 is 1.56 bits per heavy atom. The lowest BCUT2D eigenvalue weighted by Gasteiger charge is -2.09. The zero-order valence-electron chi connectivity index (χ0n) is 10.1. The second-order valence-corrected chi connectivity index (χ2v) is 4.94. The summed E-state index contributed by atoms with van der Waals surface area (Å²) in [6.07, 6.45) is 3.67. The monoisotopic (exact) mass is 247 g/mol. The van der Waals surface area contributed by atoms with Gasteiger partial charge in [0.2, 0.25) is 11.7 Å². The summed E-state index contributed by atoms with van der Waals surface area (Å²) in [4.78, 5) is 19.4. The highest BCUT2D eigenvalue weighted by Gasteiger charge is 2.38. The molecule has 1 fully saturated rings. The first-order valence-corrected chi connectivity index (χ1v) is 5.76. The van der Waals surface area contributed by atoms with Crippen LogP contribution in [0, 0.1) is 6.92 Å². The van der Waals surface area contributed by atoms with Gasteiger partial charge in [0.1, 0.15) is 11.3 Å². The molecule has 1 aliphatic rings. The van der Waals surface area contributed by atoms with Crippen LogP contribution in [0.1, 0.15) is 35.9 Å². The van der Waals surface area contributed by atoms with Gasteiger partial charge in [0, 0.05) is 11.7 Å². The molecule has 6 nitrogen and oxygen atoms in total. The predicted molar refractivity (Wildman–Crippen MR) is 64.8 cm³/mol. The van der Waals surface area contributed by atoms with Crippen LogP contribution < -0.4 is 5.32 Å². The first-order valence-electron chi connectivity index (χ1n) is 5.76. The van der Waals surface area contributed by atoms with Crippen LogP contribution in [-0.2, 0) is 0 Å². The van der Waals surface area contributed by atoms with Gasteiger partial charge in [-0.25, -0.2) is 9.78 Å². The zero-order chi connectivity index (χ0) is 12.9. The average molecular weight is 247 g/mol. The number of nitrogens with zero attached hydrogens (tertiary/aromatic N) is 2. The van der Waals surface area contributed by atoms with E-state index in [2.05, 4.69) is 22.2 Å². The van der Waals surface area contributed by atoms with Crippen LogP contribution in [-0.4, -0.2) is 26.6 Å². The molecule has 1 saturated carbocycles. The summed E-state index contributed by atoms with van der Waals surface area (Å²) in [6.45, 7) is 3.71. The van der Waals surface area contributed by atoms with Crippen LogP contribution in [0.4, 0.5) is 5.95 Å². The lowest BCUT2D eigenvalue weighted by atomic mass is 10.2. The summed E-state index contributed by atoms with van der Waals surface area (Å²) in [5.41, 5.74) is 0.520. The molecule has 0 atom stereocenters. The number of aryl methyl sites for hydroxylation is 1. The van der Waals surface area contributed by atoms with E-state index in [1.54, 1.807) is 6.92 Å². The number of nitrogens with one attached hydrogen (secondary N) is 1. The number of fused-ring (bicyclic) bond motifs is 1. The largest absolute Gasteiger partial charge is 0.478 e. The van der Waals surface area contributed by atoms with Gasteiger partial charge < -0.3 is 14.8 Å². The van der Waals surface area contributed by atoms with Gasteiger partial charge in [0.25, 0.3) is 0 Å². The van der Waals surface area contributed by atoms with Gasteiger partial charge in [0.05, 0.1) is 5.39 Å². The van der Waals surface area contributed by atoms with E-state index in [0.29, 0.717) is 22.8 Å². The molecule has 0 aromatic carbocycles. The molecule has 0 aliphatic heterocycles. The molecule has 0 saturated heterocycles. The van der Waals surface area contributed by atoms with Crippen LogP contribution in [0.25, 0.3) is 11.1 Å². The van der Waals surface area contributed by atoms with E-state index in [0.717, 1.165) is 12.8 Å². The third kappa shape index (κ3) is 1.70. The van der Waals surface area contributed by atoms with Crippen molar-refractivity contribution in [1.82, 2.24) is 9.97 Å². The Bertz CT molecular complexity index is 643. The lowest BCUT2D eigenvalue weighted by Crippen LogP contribution is -2.17. The fourth-order valence-electron chi connectivity index (χ4n) is 1.91. The Morgan fingerprint density at radius 2 is 2.28 bits per heavy atom. The lowest BCUT2D eigenvalue weighted by molar-refractivity contribution is 0.0697. The molecule has 94 valence electrons. The van der Waals surface area contributed by atoms with E-state index in [-0.39, 0.29) is 11.1 Å². The number of hydrogen-bond acceptors (Lipinski definition) is 5. The Balaban J connectivity index is 2.05. The van der Waals surface area contributed by atoms with Gasteiger partial charge in [-0.3, -0.25) is 0 Å². The first-order chi connectivity index (χ1) is 8.48. The van der Waals surface area contributed by atoms with Gasteiger partial charge in [-0.15, -0.1) is 0 Å². The summed E-state index contributed by atoms with van der Waals surface area (Å²) in [7, 11) is 0. The number of carboxylic acids is 1. The van der Waals surface area contributed by atoms with E-state index in [1.807, 2.05) is 0 Å². The van der Waals surface area contributed by atoms with E-state index >= 15 is 0 Å². The maximum absolute atomic E-state index is 11.1. The van der Waals surface area contributed by atoms with Crippen molar-refractivity contribution in [3.8, 4) is 0 Å². The third-order valence-corrected chi connectivity index (χ3v) is 3.25. The maximum Gasteiger partial charge on any atom is 0.340 e. The number of aromatic carboxylic acids is 1. The normalized spacial score (nSPS) is 16.8. The van der Waals surface area contributed by atoms with Crippen molar-refractivity contribution in [1.29, 1.82) is 0 Å². The Morgan fingerprint density at radius 3 is 2.89 bits per heavy atom. The van der Waals surface area contributed by atoms with Crippen molar-refractivity contribution in [3.63, 3.8) is 0 Å². The minimum atomic E-state index is -1.02. The Hall–Kier alpha value is -2.11. The molecule has 2 aromatic heterocycles. The molecule has 0 bridgehead atoms. The fourth-order valence-corrected chi connectivity index (χ4v) is 1.91. The summed E-state index contributed by atoms with van der Waals surface area (Å²) in [5, 5.41) is 12.7. The molecule has 0 radical (unpaired) electrons. The van der Waals surface area contributed by atoms with Gasteiger partial charge in [-0.05, 0) is 26.7 Å². The molecule has 3 rings (SSSR count). The molecule has 2 heterocycles. The van der Waals surface area contributed by atoms with Crippen molar-refractivity contribution in [2.45, 2.75) is 32.2 Å². The van der Waals surface area contributed by atoms with Crippen molar-refractivity contribution in [2.24, 2.45) is 0 Å². The SMILES string of the molecule is Cc1oc2nc(NC3(C)CC3)ncc2c1C(=O)O. The van der Waals surface area contributed by atoms with Gasteiger partial charge >= 0.3 is 5.97 Å². The van der Waals surface area contributed by atoms with Crippen LogP contribution in [0.5, 0.6) is 0 Å². The van der Waals surface area contributed by atoms with Gasteiger partial charge in [-0.1, -0.05) is 0 Å². The second kappa shape index (κ2) is 3.44. The molecular formula is C12H13N3O3. The fraction of sp³-hybridized carbons (Fsp3) is 0.417. The Labute approximate surface area is 103 Å². The molecule has 2 N–H and O–H groups in total. The molecule has 6 heteroatoms. The minimum Gasteiger partial charge on any atom is -0.478 e. The summed E-state index contributed by atoms with van der Waals surface area (Å²) < 4.78 is 5.36. The van der Waals surface area contributed by atoms with Crippen LogP contribution in [0.2, 0.25) is 0 Å². The van der Waals surface area contributed by atoms with E-state index in [9.17, 15) is 4.79 Å². The number of anilines is 1. The average Bonchev–Trinajstić information content (AvgIpc) is 2.89. The Kier molecular flexibility index (Phi) is 2.10. The van der Waals surface area contributed by atoms with Crippen molar-refractivity contribution >= 4 is 23.0 Å². The number of aromatic nitrogens is 2. The van der Waals surface area contributed by atoms with Crippen molar-refractivity contribution in [2.75, 3.05) is 5.32 Å². The summed E-state index contributed by atoms with van der Waals surface area (Å²) in [6, 6.07) is 0. The highest BCUT2D eigenvalue weighted by atomic mass is 16.4. The van der Waals surface area contributed by atoms with Gasteiger partial charge in [-0.2, -0.15) is 4.98 Å². The standard InChI is InChI=1S/C12H13N3O3/c1-6-8(10(16)17)7-5-13-11(14-9(7)18-6)15-12(2)3-4-12/h5H,3-4H2,1-2H3,(H,16,17)(H,13,14,15). The predicted octanol–water partition coefficient (Wildman–Crippen LogP) is 2.19. The first kappa shape index (κ1) is 11.0. The highest BCUT2D eigenvalue weighted by molar-refractivity contribution is 6.02. The number of rotatable bonds is 3. The third-order valence-electron chi connectivity index (χ3n) is 3.25. The molecule has 0 amide bonds. The quantitative estimate of drug-likeness (QED) is 0.864. The number of carbonyl (C=O) groups is 1. The van der Waals surface area contributed by atoms with Crippen molar-refractivity contribution in [3.05, 3.63) is 17.5 Å². The number of furan rings is 1. The zero-order valence-corrected chi connectivity index (χ0v) is 10.1. The van der Waals surface area contributed by atoms with Crippen molar-refractivity contribution < 1.29 is 14.3 Å². The van der Waals surface area contributed by atoms with E-state index in [1.165, 1.54) is 6.20 Å². The molecule has 0 spiro atoms. The molecule has 1 aliphatic carbocycles. The second-order valence-electron chi connectivity index (χ2n) is 4.94. The van der Waals surface area contributed by atoms with Gasteiger partial charge in [0.15, 0.2) is 0 Å². The van der Waals surface area contributed by atoms with Crippen LogP contribution in [0.3, 0.4) is 0 Å². The minimum absolute atomic E-state index is 0.0743. The maximum atomic E-state index is 11.1. The smallest absolute Gasteiger partial charge is 0.340 e. The summed E-state index contributed by atoms with van der Waals surface area (Å²) >= 11 is 0. The van der Waals surface area contributed by atoms with Crippen LogP contribution >= 0.6 is 0 Å². The number of hydrogen-bond donors (Lipinski definition) is 2. The highest BCUT2D eigenvalue weighted by Crippen LogP contribution is 2.37. The molecule has 0 unspecified atom stereocenters. The van der Waals surface area contributed by atoms with E-state index in [4.69, 9.17) is 9.52 Å². The molecule has 2 aromatic rings. The summed E-state index contributed by atoms with van der Waals surface area (Å²) in [5.74, 6) is -0.195.